The summed E-state index contributed by atoms with van der Waals surface area (Å²) >= 11 is 0. The van der Waals surface area contributed by atoms with E-state index in [0.717, 1.165) is 6.42 Å². The van der Waals surface area contributed by atoms with Crippen molar-refractivity contribution in [3.05, 3.63) is 36.2 Å². The Morgan fingerprint density at radius 2 is 2.09 bits per heavy atom. The quantitative estimate of drug-likeness (QED) is 0.611. The van der Waals surface area contributed by atoms with Crippen LogP contribution in [-0.2, 0) is 4.74 Å². The summed E-state index contributed by atoms with van der Waals surface area (Å²) < 4.78 is 38.6. The van der Waals surface area contributed by atoms with Crippen molar-refractivity contribution in [3.63, 3.8) is 0 Å². The highest BCUT2D eigenvalue weighted by Crippen LogP contribution is 2.29. The summed E-state index contributed by atoms with van der Waals surface area (Å²) in [5.74, 6) is 0.579. The van der Waals surface area contributed by atoms with E-state index in [1.807, 2.05) is 32.9 Å². The predicted octanol–water partition coefficient (Wildman–Crippen LogP) is 4.16. The molecule has 0 radical (unpaired) electrons. The monoisotopic (exact) mass is 460 g/mol. The molecule has 1 amide bonds. The number of likely N-dealkylation sites (tertiary alicyclic amines) is 1. The van der Waals surface area contributed by atoms with Crippen LogP contribution in [0.2, 0.25) is 0 Å². The number of amides is 1. The van der Waals surface area contributed by atoms with E-state index in [-0.39, 0.29) is 17.9 Å². The van der Waals surface area contributed by atoms with E-state index in [4.69, 9.17) is 9.47 Å². The second-order valence-electron chi connectivity index (χ2n) is 8.78. The average molecular weight is 460 g/mol. The molecule has 1 aliphatic heterocycles. The Kier molecular flexibility index (Phi) is 6.05. The zero-order chi connectivity index (χ0) is 23.8. The minimum absolute atomic E-state index is 0.00951. The number of alkyl halides is 2. The molecule has 9 nitrogen and oxygen atoms in total. The van der Waals surface area contributed by atoms with Crippen LogP contribution in [-0.4, -0.2) is 62.4 Å². The van der Waals surface area contributed by atoms with Crippen LogP contribution in [0.15, 0.2) is 30.5 Å². The van der Waals surface area contributed by atoms with E-state index >= 15 is 0 Å². The first kappa shape index (κ1) is 22.7. The number of imidazole rings is 1. The smallest absolute Gasteiger partial charge is 0.410 e. The van der Waals surface area contributed by atoms with Crippen molar-refractivity contribution in [2.24, 2.45) is 0 Å². The third-order valence-corrected chi connectivity index (χ3v) is 5.11. The number of pyridine rings is 1. The zero-order valence-electron chi connectivity index (χ0n) is 18.9. The highest BCUT2D eigenvalue weighted by molar-refractivity contribution is 5.69. The molecule has 0 bridgehead atoms. The molecule has 33 heavy (non-hydrogen) atoms. The maximum atomic E-state index is 13.4. The van der Waals surface area contributed by atoms with Gasteiger partial charge in [-0.15, -0.1) is 0 Å². The maximum absolute atomic E-state index is 13.4. The largest absolute Gasteiger partial charge is 0.494 e. The van der Waals surface area contributed by atoms with Crippen LogP contribution in [0.25, 0.3) is 17.0 Å². The third-order valence-electron chi connectivity index (χ3n) is 5.11. The molecule has 3 aromatic heterocycles. The highest BCUT2D eigenvalue weighted by Gasteiger charge is 2.30. The fourth-order valence-corrected chi connectivity index (χ4v) is 3.64. The van der Waals surface area contributed by atoms with E-state index < -0.39 is 17.7 Å². The van der Waals surface area contributed by atoms with Gasteiger partial charge in [-0.2, -0.15) is 5.10 Å². The van der Waals surface area contributed by atoms with E-state index in [1.54, 1.807) is 11.0 Å². The van der Waals surface area contributed by atoms with Crippen LogP contribution in [0.1, 0.15) is 39.3 Å². The summed E-state index contributed by atoms with van der Waals surface area (Å²) in [7, 11) is 1.31. The van der Waals surface area contributed by atoms with Crippen LogP contribution in [0.3, 0.4) is 0 Å². The van der Waals surface area contributed by atoms with Gasteiger partial charge in [-0.1, -0.05) is 6.07 Å². The van der Waals surface area contributed by atoms with Crippen molar-refractivity contribution < 1.29 is 23.0 Å². The lowest BCUT2D eigenvalue weighted by atomic mass is 10.2. The number of carbonyl (C=O) groups is 1. The minimum atomic E-state index is -2.80. The highest BCUT2D eigenvalue weighted by atomic mass is 19.3. The number of hydrogen-bond donors (Lipinski definition) is 1. The van der Waals surface area contributed by atoms with Crippen molar-refractivity contribution in [2.45, 2.75) is 45.3 Å². The minimum Gasteiger partial charge on any atom is -0.494 e. The second kappa shape index (κ2) is 8.80. The fourth-order valence-electron chi connectivity index (χ4n) is 3.64. The fraction of sp³-hybridized carbons (Fsp3) is 0.455. The van der Waals surface area contributed by atoms with Gasteiger partial charge in [0.2, 0.25) is 0 Å². The summed E-state index contributed by atoms with van der Waals surface area (Å²) in [5, 5.41) is 7.37. The molecule has 0 spiro atoms. The summed E-state index contributed by atoms with van der Waals surface area (Å²) in [4.78, 5) is 22.8. The third kappa shape index (κ3) is 4.96. The number of methoxy groups -OCH3 is 1. The summed E-state index contributed by atoms with van der Waals surface area (Å²) in [6.45, 7) is 6.58. The number of halogens is 2. The van der Waals surface area contributed by atoms with Gasteiger partial charge in [0.05, 0.1) is 19.0 Å². The van der Waals surface area contributed by atoms with Gasteiger partial charge in [-0.05, 0) is 39.3 Å². The van der Waals surface area contributed by atoms with Gasteiger partial charge in [0.15, 0.2) is 17.1 Å². The van der Waals surface area contributed by atoms with E-state index in [9.17, 15) is 13.6 Å². The van der Waals surface area contributed by atoms with Crippen LogP contribution in [0.4, 0.5) is 19.4 Å². The van der Waals surface area contributed by atoms with Gasteiger partial charge in [0, 0.05) is 25.2 Å². The Morgan fingerprint density at radius 1 is 1.30 bits per heavy atom. The number of hydrogen-bond acceptors (Lipinski definition) is 7. The number of aromatic nitrogens is 4. The number of rotatable bonds is 5. The Hall–Kier alpha value is -3.50. The second-order valence-corrected chi connectivity index (χ2v) is 8.78. The van der Waals surface area contributed by atoms with Crippen molar-refractivity contribution in [1.82, 2.24) is 24.5 Å². The molecular weight excluding hydrogens is 434 g/mol. The topological polar surface area (TPSA) is 93.9 Å². The molecule has 4 rings (SSSR count). The van der Waals surface area contributed by atoms with Crippen molar-refractivity contribution in [1.29, 1.82) is 0 Å². The van der Waals surface area contributed by atoms with Crippen molar-refractivity contribution in [3.8, 4) is 17.1 Å². The molecule has 1 unspecified atom stereocenters. The maximum Gasteiger partial charge on any atom is 0.410 e. The van der Waals surface area contributed by atoms with Gasteiger partial charge in [0.1, 0.15) is 17.1 Å². The van der Waals surface area contributed by atoms with Crippen molar-refractivity contribution in [2.75, 3.05) is 25.5 Å². The zero-order valence-corrected chi connectivity index (χ0v) is 18.9. The van der Waals surface area contributed by atoms with Gasteiger partial charge in [-0.3, -0.25) is 0 Å². The normalized spacial score (nSPS) is 16.5. The number of fused-ring (bicyclic) bond motifs is 1. The van der Waals surface area contributed by atoms with Crippen LogP contribution in [0, 0.1) is 0 Å². The van der Waals surface area contributed by atoms with Gasteiger partial charge in [-0.25, -0.2) is 28.1 Å². The Labute approximate surface area is 189 Å². The van der Waals surface area contributed by atoms with Gasteiger partial charge >= 0.3 is 6.09 Å². The summed E-state index contributed by atoms with van der Waals surface area (Å²) in [6, 6.07) is 6.80. The summed E-state index contributed by atoms with van der Waals surface area (Å²) in [5.41, 5.74) is 0.351. The summed E-state index contributed by atoms with van der Waals surface area (Å²) in [6.07, 6.45) is -0.852. The first-order valence-electron chi connectivity index (χ1n) is 10.6. The number of ether oxygens (including phenoxy) is 2. The number of nitrogens with one attached hydrogen (secondary N) is 1. The Balaban J connectivity index is 1.53. The molecule has 0 aromatic carbocycles. The van der Waals surface area contributed by atoms with E-state index in [0.29, 0.717) is 35.9 Å². The Morgan fingerprint density at radius 3 is 2.79 bits per heavy atom. The molecule has 3 aromatic rings. The molecule has 0 saturated carbocycles. The first-order chi connectivity index (χ1) is 15.6. The molecule has 1 fully saturated rings. The van der Waals surface area contributed by atoms with Gasteiger partial charge in [0.25, 0.3) is 6.43 Å². The first-order valence-corrected chi connectivity index (χ1v) is 10.6. The Bertz CT molecular complexity index is 1160. The van der Waals surface area contributed by atoms with Crippen LogP contribution >= 0.6 is 0 Å². The molecule has 4 heterocycles. The van der Waals surface area contributed by atoms with E-state index in [1.165, 1.54) is 23.9 Å². The predicted molar refractivity (Wildman–Crippen MR) is 118 cm³/mol. The molecule has 0 aliphatic carbocycles. The molecule has 176 valence electrons. The SMILES string of the molecule is COc1cc2ncc(-c3cccc(NC4CCN(C(=O)OC(C)(C)C)C4)n3)n2nc1C(F)F. The molecular formula is C22H26F2N6O3. The lowest BCUT2D eigenvalue weighted by Gasteiger charge is -2.24. The van der Waals surface area contributed by atoms with E-state index in [2.05, 4.69) is 20.4 Å². The van der Waals surface area contributed by atoms with Crippen molar-refractivity contribution >= 4 is 17.6 Å². The lowest BCUT2D eigenvalue weighted by Crippen LogP contribution is -2.36. The average Bonchev–Trinajstić information content (AvgIpc) is 3.38. The lowest BCUT2D eigenvalue weighted by molar-refractivity contribution is 0.0293. The van der Waals surface area contributed by atoms with Crippen LogP contribution < -0.4 is 10.1 Å². The number of anilines is 1. The molecule has 1 saturated heterocycles. The van der Waals surface area contributed by atoms with Crippen LogP contribution in [0.5, 0.6) is 5.75 Å². The molecule has 1 atom stereocenters. The molecule has 1 N–H and O–H groups in total. The molecule has 11 heteroatoms. The number of carbonyl (C=O) groups excluding carboxylic acids is 1. The molecule has 1 aliphatic rings. The van der Waals surface area contributed by atoms with Gasteiger partial charge < -0.3 is 19.7 Å². The number of nitrogens with zero attached hydrogens (tertiary/aromatic N) is 5. The standard InChI is InChI=1S/C22H26F2N6O3/c1-22(2,3)33-21(31)29-9-8-13(12-29)26-17-7-5-6-14(27-17)15-11-25-18-10-16(32-4)19(20(23)24)28-30(15)18/h5-7,10-11,13,20H,8-9,12H2,1-4H3,(H,26,27).